The fourth-order valence-electron chi connectivity index (χ4n) is 1.98. The average Bonchev–Trinajstić information content (AvgIpc) is 2.44. The molecule has 1 N–H and O–H groups in total. The van der Waals surface area contributed by atoms with Crippen LogP contribution in [0.4, 0.5) is 4.39 Å². The Hall–Kier alpha value is -1.44. The topological polar surface area (TPSA) is 39.1 Å². The normalized spacial score (nSPS) is 12.4. The van der Waals surface area contributed by atoms with Crippen LogP contribution in [-0.2, 0) is 0 Å². The monoisotopic (exact) mass is 263 g/mol. The summed E-state index contributed by atoms with van der Waals surface area (Å²) >= 11 is 0. The molecule has 0 heterocycles. The summed E-state index contributed by atoms with van der Waals surface area (Å²) in [6.45, 7) is 8.21. The average molecular weight is 263 g/mol. The van der Waals surface area contributed by atoms with E-state index < -0.39 is 0 Å². The number of nitrogens with zero attached hydrogens (tertiary/aromatic N) is 2. The molecule has 0 aliphatic heterocycles. The van der Waals surface area contributed by atoms with E-state index in [4.69, 9.17) is 5.26 Å². The summed E-state index contributed by atoms with van der Waals surface area (Å²) in [4.78, 5) is 2.35. The number of hydrogen-bond acceptors (Lipinski definition) is 3. The minimum absolute atomic E-state index is 0.276. The number of halogens is 1. The Bertz CT molecular complexity index is 393. The van der Waals surface area contributed by atoms with Gasteiger partial charge in [-0.05, 0) is 50.3 Å². The van der Waals surface area contributed by atoms with Crippen molar-refractivity contribution in [1.82, 2.24) is 10.2 Å². The quantitative estimate of drug-likeness (QED) is 0.733. The standard InChI is InChI=1S/C15H22FN3/c1-3-19(4-2)11-5-10-18-15(12-17)13-6-8-14(16)9-7-13/h6-9,15,18H,3-5,10-11H2,1-2H3. The minimum Gasteiger partial charge on any atom is -0.304 e. The van der Waals surface area contributed by atoms with E-state index in [2.05, 4.69) is 30.1 Å². The SMILES string of the molecule is CCN(CC)CCCNC(C#N)c1ccc(F)cc1. The molecule has 0 bridgehead atoms. The second-order valence-corrected chi connectivity index (χ2v) is 4.45. The van der Waals surface area contributed by atoms with Crippen molar-refractivity contribution in [2.24, 2.45) is 0 Å². The number of nitriles is 1. The van der Waals surface area contributed by atoms with E-state index in [1.54, 1.807) is 12.1 Å². The fourth-order valence-corrected chi connectivity index (χ4v) is 1.98. The first-order chi connectivity index (χ1) is 9.21. The number of rotatable bonds is 8. The van der Waals surface area contributed by atoms with Gasteiger partial charge in [-0.2, -0.15) is 5.26 Å². The molecule has 0 saturated carbocycles. The Morgan fingerprint density at radius 1 is 1.26 bits per heavy atom. The van der Waals surface area contributed by atoms with Gasteiger partial charge < -0.3 is 4.90 Å². The van der Waals surface area contributed by atoms with Crippen LogP contribution < -0.4 is 5.32 Å². The third kappa shape index (κ3) is 5.37. The molecule has 1 unspecified atom stereocenters. The van der Waals surface area contributed by atoms with E-state index in [9.17, 15) is 4.39 Å². The molecular weight excluding hydrogens is 241 g/mol. The van der Waals surface area contributed by atoms with Crippen LogP contribution in [0.3, 0.4) is 0 Å². The highest BCUT2D eigenvalue weighted by Gasteiger charge is 2.09. The molecule has 0 spiro atoms. The van der Waals surface area contributed by atoms with Crippen LogP contribution in [0.1, 0.15) is 31.9 Å². The summed E-state index contributed by atoms with van der Waals surface area (Å²) < 4.78 is 12.8. The molecular formula is C15H22FN3. The maximum Gasteiger partial charge on any atom is 0.123 e. The molecule has 1 aromatic carbocycles. The smallest absolute Gasteiger partial charge is 0.123 e. The van der Waals surface area contributed by atoms with Gasteiger partial charge in [0.2, 0.25) is 0 Å². The lowest BCUT2D eigenvalue weighted by Crippen LogP contribution is -2.28. The van der Waals surface area contributed by atoms with Crippen molar-refractivity contribution in [3.8, 4) is 6.07 Å². The van der Waals surface area contributed by atoms with Gasteiger partial charge in [0.05, 0.1) is 6.07 Å². The van der Waals surface area contributed by atoms with Gasteiger partial charge in [0, 0.05) is 0 Å². The fraction of sp³-hybridized carbons (Fsp3) is 0.533. The predicted octanol–water partition coefficient (Wildman–Crippen LogP) is 2.71. The first kappa shape index (κ1) is 15.6. The minimum atomic E-state index is -0.364. The molecule has 0 aromatic heterocycles. The van der Waals surface area contributed by atoms with E-state index in [1.807, 2.05) is 0 Å². The number of benzene rings is 1. The van der Waals surface area contributed by atoms with Gasteiger partial charge in [0.1, 0.15) is 11.9 Å². The molecule has 1 aromatic rings. The summed E-state index contributed by atoms with van der Waals surface area (Å²) in [6, 6.07) is 7.92. The predicted molar refractivity (Wildman–Crippen MR) is 75.2 cm³/mol. The zero-order chi connectivity index (χ0) is 14.1. The highest BCUT2D eigenvalue weighted by Crippen LogP contribution is 2.12. The van der Waals surface area contributed by atoms with Crippen molar-refractivity contribution in [2.75, 3.05) is 26.2 Å². The molecule has 0 amide bonds. The van der Waals surface area contributed by atoms with Crippen LogP contribution in [0, 0.1) is 17.1 Å². The van der Waals surface area contributed by atoms with Crippen molar-refractivity contribution in [3.05, 3.63) is 35.6 Å². The number of hydrogen-bond donors (Lipinski definition) is 1. The molecule has 19 heavy (non-hydrogen) atoms. The van der Waals surface area contributed by atoms with Crippen LogP contribution in [0.25, 0.3) is 0 Å². The van der Waals surface area contributed by atoms with E-state index in [1.165, 1.54) is 12.1 Å². The lowest BCUT2D eigenvalue weighted by molar-refractivity contribution is 0.297. The van der Waals surface area contributed by atoms with Crippen LogP contribution in [-0.4, -0.2) is 31.1 Å². The Morgan fingerprint density at radius 2 is 1.89 bits per heavy atom. The molecule has 0 fully saturated rings. The van der Waals surface area contributed by atoms with Crippen molar-refractivity contribution in [3.63, 3.8) is 0 Å². The summed E-state index contributed by atoms with van der Waals surface area (Å²) in [7, 11) is 0. The van der Waals surface area contributed by atoms with E-state index in [-0.39, 0.29) is 11.9 Å². The zero-order valence-electron chi connectivity index (χ0n) is 11.7. The Kier molecular flexibility index (Phi) is 7.09. The third-order valence-corrected chi connectivity index (χ3v) is 3.23. The summed E-state index contributed by atoms with van der Waals surface area (Å²) in [5.74, 6) is -0.276. The maximum absolute atomic E-state index is 12.8. The van der Waals surface area contributed by atoms with Crippen molar-refractivity contribution in [1.29, 1.82) is 5.26 Å². The van der Waals surface area contributed by atoms with Gasteiger partial charge >= 0.3 is 0 Å². The molecule has 1 rings (SSSR count). The summed E-state index contributed by atoms with van der Waals surface area (Å²) in [5.41, 5.74) is 0.812. The van der Waals surface area contributed by atoms with Gasteiger partial charge in [-0.15, -0.1) is 0 Å². The van der Waals surface area contributed by atoms with Gasteiger partial charge in [-0.25, -0.2) is 4.39 Å². The highest BCUT2D eigenvalue weighted by atomic mass is 19.1. The van der Waals surface area contributed by atoms with Crippen molar-refractivity contribution >= 4 is 0 Å². The molecule has 0 aliphatic rings. The second kappa shape index (κ2) is 8.63. The third-order valence-electron chi connectivity index (χ3n) is 3.23. The summed E-state index contributed by atoms with van der Waals surface area (Å²) in [5, 5.41) is 12.3. The van der Waals surface area contributed by atoms with Gasteiger partial charge in [-0.3, -0.25) is 5.32 Å². The molecule has 1 atom stereocenters. The van der Waals surface area contributed by atoms with Crippen LogP contribution in [0.15, 0.2) is 24.3 Å². The van der Waals surface area contributed by atoms with E-state index in [0.717, 1.165) is 38.2 Å². The van der Waals surface area contributed by atoms with Crippen LogP contribution in [0.2, 0.25) is 0 Å². The Morgan fingerprint density at radius 3 is 2.42 bits per heavy atom. The van der Waals surface area contributed by atoms with Gasteiger partial charge in [-0.1, -0.05) is 26.0 Å². The molecule has 4 heteroatoms. The maximum atomic E-state index is 12.8. The van der Waals surface area contributed by atoms with Crippen LogP contribution >= 0.6 is 0 Å². The van der Waals surface area contributed by atoms with E-state index >= 15 is 0 Å². The van der Waals surface area contributed by atoms with Crippen molar-refractivity contribution < 1.29 is 4.39 Å². The first-order valence-corrected chi connectivity index (χ1v) is 6.82. The summed E-state index contributed by atoms with van der Waals surface area (Å²) in [6.07, 6.45) is 1.00. The molecule has 0 aliphatic carbocycles. The molecule has 104 valence electrons. The Labute approximate surface area is 115 Å². The first-order valence-electron chi connectivity index (χ1n) is 6.82. The Balaban J connectivity index is 2.38. The zero-order valence-corrected chi connectivity index (χ0v) is 11.7. The van der Waals surface area contributed by atoms with Gasteiger partial charge in [0.25, 0.3) is 0 Å². The molecule has 0 saturated heterocycles. The molecule has 3 nitrogen and oxygen atoms in total. The van der Waals surface area contributed by atoms with Crippen LogP contribution in [0.5, 0.6) is 0 Å². The molecule has 0 radical (unpaired) electrons. The lowest BCUT2D eigenvalue weighted by atomic mass is 10.1. The van der Waals surface area contributed by atoms with E-state index in [0.29, 0.717) is 0 Å². The van der Waals surface area contributed by atoms with Crippen molar-refractivity contribution in [2.45, 2.75) is 26.3 Å². The van der Waals surface area contributed by atoms with Gasteiger partial charge in [0.15, 0.2) is 0 Å². The lowest BCUT2D eigenvalue weighted by Gasteiger charge is -2.18. The second-order valence-electron chi connectivity index (χ2n) is 4.45. The number of nitrogens with one attached hydrogen (secondary N) is 1. The highest BCUT2D eigenvalue weighted by molar-refractivity contribution is 5.24. The largest absolute Gasteiger partial charge is 0.304 e.